The minimum Gasteiger partial charge on any atom is -0.467 e. The Bertz CT molecular complexity index is 710. The van der Waals surface area contributed by atoms with Gasteiger partial charge in [0.1, 0.15) is 5.76 Å². The number of thiocarbonyl (C=S) groups is 1. The Morgan fingerprint density at radius 1 is 1.18 bits per heavy atom. The third-order valence-electron chi connectivity index (χ3n) is 5.05. The molecule has 0 unspecified atom stereocenters. The molecule has 0 spiro atoms. The zero-order valence-corrected chi connectivity index (χ0v) is 17.7. The Morgan fingerprint density at radius 2 is 1.93 bits per heavy atom. The van der Waals surface area contributed by atoms with Gasteiger partial charge in [-0.1, -0.05) is 26.0 Å². The first-order valence-electron chi connectivity index (χ1n) is 10.1. The zero-order valence-electron chi connectivity index (χ0n) is 16.9. The van der Waals surface area contributed by atoms with Crippen molar-refractivity contribution in [2.75, 3.05) is 44.7 Å². The number of hydrogen-bond donors (Lipinski definition) is 1. The lowest BCUT2D eigenvalue weighted by molar-refractivity contribution is 0.0367. The molecule has 1 aliphatic heterocycles. The summed E-state index contributed by atoms with van der Waals surface area (Å²) in [5.74, 6) is 1.45. The molecule has 1 aromatic carbocycles. The Balaban J connectivity index is 1.57. The van der Waals surface area contributed by atoms with Gasteiger partial charge in [0, 0.05) is 31.9 Å². The molecule has 0 atom stereocenters. The molecular weight excluding hydrogens is 370 g/mol. The van der Waals surface area contributed by atoms with Crippen molar-refractivity contribution in [3.63, 3.8) is 0 Å². The Hall–Kier alpha value is -1.89. The topological polar surface area (TPSA) is 40.9 Å². The summed E-state index contributed by atoms with van der Waals surface area (Å²) < 4.78 is 11.0. The first kappa shape index (κ1) is 20.8. The van der Waals surface area contributed by atoms with Crippen LogP contribution in [-0.4, -0.2) is 54.3 Å². The third-order valence-corrected chi connectivity index (χ3v) is 5.41. The van der Waals surface area contributed by atoms with Gasteiger partial charge < -0.3 is 19.4 Å². The van der Waals surface area contributed by atoms with Gasteiger partial charge in [0.25, 0.3) is 0 Å². The Labute approximate surface area is 173 Å². The molecule has 28 heavy (non-hydrogen) atoms. The van der Waals surface area contributed by atoms with E-state index < -0.39 is 0 Å². The number of furan rings is 1. The van der Waals surface area contributed by atoms with Crippen LogP contribution >= 0.6 is 12.2 Å². The number of benzene rings is 1. The molecule has 152 valence electrons. The molecule has 5 nitrogen and oxygen atoms in total. The number of nitrogens with one attached hydrogen (secondary N) is 1. The molecule has 1 N–H and O–H groups in total. The van der Waals surface area contributed by atoms with Gasteiger partial charge in [-0.25, -0.2) is 0 Å². The van der Waals surface area contributed by atoms with E-state index in [0.717, 1.165) is 62.4 Å². The first-order chi connectivity index (χ1) is 13.6. The Kier molecular flexibility index (Phi) is 7.89. The fourth-order valence-corrected chi connectivity index (χ4v) is 3.58. The van der Waals surface area contributed by atoms with Crippen LogP contribution in [0, 0.1) is 0 Å². The van der Waals surface area contributed by atoms with Gasteiger partial charge in [0.15, 0.2) is 5.11 Å². The van der Waals surface area contributed by atoms with Crippen LogP contribution in [0.3, 0.4) is 0 Å². The number of hydrogen-bond acceptors (Lipinski definition) is 4. The molecular formula is C22H31N3O2S. The maximum atomic E-state index is 5.72. The summed E-state index contributed by atoms with van der Waals surface area (Å²) in [5, 5.41) is 4.12. The van der Waals surface area contributed by atoms with Crippen LogP contribution in [0.15, 0.2) is 47.1 Å². The summed E-state index contributed by atoms with van der Waals surface area (Å²) >= 11 is 5.72. The SMILES string of the molecule is CC(C)c1ccc(NC(=S)N(CCCN2CCOCC2)Cc2ccco2)cc1. The summed E-state index contributed by atoms with van der Waals surface area (Å²) in [6, 6.07) is 12.4. The van der Waals surface area contributed by atoms with Crippen molar-refractivity contribution in [1.29, 1.82) is 0 Å². The molecule has 0 bridgehead atoms. The summed E-state index contributed by atoms with van der Waals surface area (Å²) in [5.41, 5.74) is 2.35. The number of ether oxygens (including phenoxy) is 1. The Morgan fingerprint density at radius 3 is 2.57 bits per heavy atom. The maximum Gasteiger partial charge on any atom is 0.173 e. The highest BCUT2D eigenvalue weighted by molar-refractivity contribution is 7.80. The summed E-state index contributed by atoms with van der Waals surface area (Å²) in [6.07, 6.45) is 2.76. The molecule has 0 saturated carbocycles. The van der Waals surface area contributed by atoms with Crippen LogP contribution in [0.5, 0.6) is 0 Å². The smallest absolute Gasteiger partial charge is 0.173 e. The molecule has 1 aliphatic rings. The monoisotopic (exact) mass is 401 g/mol. The third kappa shape index (κ3) is 6.33. The first-order valence-corrected chi connectivity index (χ1v) is 10.5. The molecule has 0 aliphatic carbocycles. The molecule has 1 aromatic heterocycles. The summed E-state index contributed by atoms with van der Waals surface area (Å²) in [6.45, 7) is 10.7. The summed E-state index contributed by atoms with van der Waals surface area (Å²) in [4.78, 5) is 4.64. The van der Waals surface area contributed by atoms with Gasteiger partial charge in [0.2, 0.25) is 0 Å². The van der Waals surface area contributed by atoms with Crippen LogP contribution in [0.2, 0.25) is 0 Å². The van der Waals surface area contributed by atoms with E-state index in [1.54, 1.807) is 6.26 Å². The van der Waals surface area contributed by atoms with Gasteiger partial charge in [-0.2, -0.15) is 0 Å². The van der Waals surface area contributed by atoms with E-state index in [2.05, 4.69) is 53.2 Å². The average molecular weight is 402 g/mol. The van der Waals surface area contributed by atoms with E-state index in [-0.39, 0.29) is 0 Å². The van der Waals surface area contributed by atoms with Gasteiger partial charge in [-0.15, -0.1) is 0 Å². The highest BCUT2D eigenvalue weighted by Crippen LogP contribution is 2.18. The van der Waals surface area contributed by atoms with E-state index in [1.807, 2.05) is 12.1 Å². The predicted molar refractivity (Wildman–Crippen MR) is 118 cm³/mol. The quantitative estimate of drug-likeness (QED) is 0.664. The summed E-state index contributed by atoms with van der Waals surface area (Å²) in [7, 11) is 0. The van der Waals surface area contributed by atoms with Gasteiger partial charge in [0.05, 0.1) is 26.0 Å². The standard InChI is InChI=1S/C22H31N3O2S/c1-18(2)19-6-8-20(9-7-19)23-22(28)25(17-21-5-3-14-27-21)11-4-10-24-12-15-26-16-13-24/h3,5-9,14,18H,4,10-13,15-17H2,1-2H3,(H,23,28). The fourth-order valence-electron chi connectivity index (χ4n) is 3.31. The number of nitrogens with zero attached hydrogens (tertiary/aromatic N) is 2. The number of rotatable bonds is 8. The zero-order chi connectivity index (χ0) is 19.8. The van der Waals surface area contributed by atoms with E-state index in [4.69, 9.17) is 21.4 Å². The van der Waals surface area contributed by atoms with Crippen molar-refractivity contribution in [3.8, 4) is 0 Å². The van der Waals surface area contributed by atoms with Gasteiger partial charge >= 0.3 is 0 Å². The minimum absolute atomic E-state index is 0.525. The van der Waals surface area contributed by atoms with Crippen molar-refractivity contribution >= 4 is 23.0 Å². The predicted octanol–water partition coefficient (Wildman–Crippen LogP) is 4.32. The lowest BCUT2D eigenvalue weighted by atomic mass is 10.0. The molecule has 0 radical (unpaired) electrons. The number of anilines is 1. The lowest BCUT2D eigenvalue weighted by Crippen LogP contribution is -2.39. The molecule has 2 heterocycles. The van der Waals surface area contributed by atoms with E-state index in [0.29, 0.717) is 12.5 Å². The minimum atomic E-state index is 0.525. The van der Waals surface area contributed by atoms with Crippen molar-refractivity contribution in [2.45, 2.75) is 32.7 Å². The van der Waals surface area contributed by atoms with Crippen LogP contribution < -0.4 is 5.32 Å². The number of morpholine rings is 1. The van der Waals surface area contributed by atoms with E-state index in [1.165, 1.54) is 5.56 Å². The molecule has 1 fully saturated rings. The lowest BCUT2D eigenvalue weighted by Gasteiger charge is -2.29. The highest BCUT2D eigenvalue weighted by atomic mass is 32.1. The second-order valence-electron chi connectivity index (χ2n) is 7.52. The molecule has 2 aromatic rings. The van der Waals surface area contributed by atoms with Crippen molar-refractivity contribution in [2.24, 2.45) is 0 Å². The normalized spacial score (nSPS) is 15.0. The van der Waals surface area contributed by atoms with Crippen LogP contribution in [0.1, 0.15) is 37.5 Å². The second kappa shape index (κ2) is 10.6. The second-order valence-corrected chi connectivity index (χ2v) is 7.90. The molecule has 6 heteroatoms. The van der Waals surface area contributed by atoms with Gasteiger partial charge in [-0.05, 0) is 54.4 Å². The molecule has 3 rings (SSSR count). The maximum absolute atomic E-state index is 5.72. The van der Waals surface area contributed by atoms with Crippen molar-refractivity contribution in [3.05, 3.63) is 54.0 Å². The average Bonchev–Trinajstić information content (AvgIpc) is 3.21. The van der Waals surface area contributed by atoms with Crippen LogP contribution in [0.25, 0.3) is 0 Å². The van der Waals surface area contributed by atoms with Crippen LogP contribution in [-0.2, 0) is 11.3 Å². The fraction of sp³-hybridized carbons (Fsp3) is 0.500. The van der Waals surface area contributed by atoms with Crippen molar-refractivity contribution < 1.29 is 9.15 Å². The molecule has 1 saturated heterocycles. The van der Waals surface area contributed by atoms with E-state index in [9.17, 15) is 0 Å². The largest absolute Gasteiger partial charge is 0.467 e. The van der Waals surface area contributed by atoms with Gasteiger partial charge in [-0.3, -0.25) is 4.90 Å². The molecule has 0 amide bonds. The highest BCUT2D eigenvalue weighted by Gasteiger charge is 2.15. The van der Waals surface area contributed by atoms with Crippen LogP contribution in [0.4, 0.5) is 5.69 Å². The van der Waals surface area contributed by atoms with Crippen molar-refractivity contribution in [1.82, 2.24) is 9.80 Å². The van der Waals surface area contributed by atoms with E-state index >= 15 is 0 Å².